The van der Waals surface area contributed by atoms with Crippen LogP contribution in [0.2, 0.25) is 0 Å². The fourth-order valence-electron chi connectivity index (χ4n) is 2.39. The standard InChI is InChI=1S/C17H22N2OS/c1-3-18-11-15-16(12-5-6-12)19-17(21-15)13-7-9-14(10-8-13)20-4-2/h7-10,12,18H,3-6,11H2,1-2H3. The molecule has 1 aromatic heterocycles. The van der Waals surface area contributed by atoms with E-state index in [0.29, 0.717) is 12.5 Å². The van der Waals surface area contributed by atoms with Crippen molar-refractivity contribution in [3.63, 3.8) is 0 Å². The van der Waals surface area contributed by atoms with Crippen molar-refractivity contribution >= 4 is 11.3 Å². The molecule has 0 atom stereocenters. The van der Waals surface area contributed by atoms with Gasteiger partial charge < -0.3 is 10.1 Å². The van der Waals surface area contributed by atoms with Gasteiger partial charge in [0.05, 0.1) is 12.3 Å². The molecule has 4 heteroatoms. The second kappa shape index (κ2) is 6.58. The normalized spacial score (nSPS) is 14.4. The molecule has 2 aromatic rings. The third-order valence-electron chi connectivity index (χ3n) is 3.64. The highest BCUT2D eigenvalue weighted by Crippen LogP contribution is 2.44. The third kappa shape index (κ3) is 3.44. The minimum atomic E-state index is 0.700. The molecule has 21 heavy (non-hydrogen) atoms. The zero-order valence-corrected chi connectivity index (χ0v) is 13.5. The highest BCUT2D eigenvalue weighted by atomic mass is 32.1. The molecule has 1 saturated carbocycles. The number of ether oxygens (including phenoxy) is 1. The van der Waals surface area contributed by atoms with Gasteiger partial charge in [-0.3, -0.25) is 0 Å². The molecule has 1 aliphatic carbocycles. The van der Waals surface area contributed by atoms with Crippen LogP contribution < -0.4 is 10.1 Å². The zero-order chi connectivity index (χ0) is 14.7. The van der Waals surface area contributed by atoms with E-state index in [4.69, 9.17) is 9.72 Å². The lowest BCUT2D eigenvalue weighted by molar-refractivity contribution is 0.340. The van der Waals surface area contributed by atoms with Gasteiger partial charge in [0, 0.05) is 22.9 Å². The Kier molecular flexibility index (Phi) is 4.56. The Hall–Kier alpha value is -1.39. The second-order valence-corrected chi connectivity index (χ2v) is 6.42. The van der Waals surface area contributed by atoms with Gasteiger partial charge in [0.1, 0.15) is 10.8 Å². The lowest BCUT2D eigenvalue weighted by Gasteiger charge is -2.02. The fourth-order valence-corrected chi connectivity index (χ4v) is 3.51. The zero-order valence-electron chi connectivity index (χ0n) is 12.7. The van der Waals surface area contributed by atoms with Gasteiger partial charge in [0.25, 0.3) is 0 Å². The summed E-state index contributed by atoms with van der Waals surface area (Å²) >= 11 is 1.83. The molecular formula is C17H22N2OS. The van der Waals surface area contributed by atoms with E-state index in [-0.39, 0.29) is 0 Å². The number of rotatable bonds is 7. The Morgan fingerprint density at radius 3 is 2.62 bits per heavy atom. The molecule has 0 radical (unpaired) electrons. The van der Waals surface area contributed by atoms with Crippen molar-refractivity contribution in [1.82, 2.24) is 10.3 Å². The molecule has 1 heterocycles. The molecule has 1 aliphatic rings. The molecule has 112 valence electrons. The van der Waals surface area contributed by atoms with Gasteiger partial charge in [-0.25, -0.2) is 4.98 Å². The van der Waals surface area contributed by atoms with Crippen LogP contribution >= 0.6 is 11.3 Å². The van der Waals surface area contributed by atoms with E-state index in [0.717, 1.165) is 23.8 Å². The van der Waals surface area contributed by atoms with E-state index < -0.39 is 0 Å². The average Bonchev–Trinajstić information content (AvgIpc) is 3.26. The van der Waals surface area contributed by atoms with E-state index in [2.05, 4.69) is 24.4 Å². The first-order valence-corrected chi connectivity index (χ1v) is 8.57. The highest BCUT2D eigenvalue weighted by Gasteiger charge is 2.29. The number of hydrogen-bond acceptors (Lipinski definition) is 4. The number of thiazole rings is 1. The van der Waals surface area contributed by atoms with Crippen LogP contribution in [0.15, 0.2) is 24.3 Å². The SMILES string of the molecule is CCNCc1sc(-c2ccc(OCC)cc2)nc1C1CC1. The number of nitrogens with one attached hydrogen (secondary N) is 1. The Bertz CT molecular complexity index is 587. The highest BCUT2D eigenvalue weighted by molar-refractivity contribution is 7.15. The topological polar surface area (TPSA) is 34.1 Å². The minimum absolute atomic E-state index is 0.700. The smallest absolute Gasteiger partial charge is 0.123 e. The quantitative estimate of drug-likeness (QED) is 0.832. The van der Waals surface area contributed by atoms with Gasteiger partial charge in [0.2, 0.25) is 0 Å². The summed E-state index contributed by atoms with van der Waals surface area (Å²) in [6, 6.07) is 8.27. The maximum absolute atomic E-state index is 5.50. The van der Waals surface area contributed by atoms with E-state index in [1.807, 2.05) is 30.4 Å². The van der Waals surface area contributed by atoms with Crippen molar-refractivity contribution in [1.29, 1.82) is 0 Å². The number of aromatic nitrogens is 1. The Labute approximate surface area is 130 Å². The lowest BCUT2D eigenvalue weighted by Crippen LogP contribution is -2.11. The number of hydrogen-bond donors (Lipinski definition) is 1. The van der Waals surface area contributed by atoms with Crippen molar-refractivity contribution in [3.05, 3.63) is 34.8 Å². The van der Waals surface area contributed by atoms with E-state index >= 15 is 0 Å². The molecular weight excluding hydrogens is 280 g/mol. The largest absolute Gasteiger partial charge is 0.494 e. The average molecular weight is 302 g/mol. The monoisotopic (exact) mass is 302 g/mol. The van der Waals surface area contributed by atoms with Crippen LogP contribution in [-0.4, -0.2) is 18.1 Å². The Balaban J connectivity index is 1.83. The van der Waals surface area contributed by atoms with E-state index in [1.54, 1.807) is 0 Å². The molecule has 1 N–H and O–H groups in total. The first-order valence-electron chi connectivity index (χ1n) is 7.75. The second-order valence-electron chi connectivity index (χ2n) is 5.34. The summed E-state index contributed by atoms with van der Waals surface area (Å²) in [6.45, 7) is 6.79. The van der Waals surface area contributed by atoms with E-state index in [9.17, 15) is 0 Å². The van der Waals surface area contributed by atoms with Crippen LogP contribution in [-0.2, 0) is 6.54 Å². The van der Waals surface area contributed by atoms with Gasteiger partial charge in [-0.2, -0.15) is 0 Å². The summed E-state index contributed by atoms with van der Waals surface area (Å²) in [7, 11) is 0. The van der Waals surface area contributed by atoms with Crippen molar-refractivity contribution in [2.75, 3.05) is 13.2 Å². The molecule has 0 saturated heterocycles. The first kappa shape index (κ1) is 14.5. The van der Waals surface area contributed by atoms with Crippen molar-refractivity contribution in [3.8, 4) is 16.3 Å². The van der Waals surface area contributed by atoms with Gasteiger partial charge in [-0.05, 0) is 50.6 Å². The van der Waals surface area contributed by atoms with Crippen molar-refractivity contribution < 1.29 is 4.74 Å². The molecule has 3 rings (SSSR count). The molecule has 0 unspecified atom stereocenters. The third-order valence-corrected chi connectivity index (χ3v) is 4.76. The summed E-state index contributed by atoms with van der Waals surface area (Å²) < 4.78 is 5.50. The van der Waals surface area contributed by atoms with E-state index in [1.165, 1.54) is 29.0 Å². The summed E-state index contributed by atoms with van der Waals surface area (Å²) in [5.41, 5.74) is 2.51. The van der Waals surface area contributed by atoms with Crippen LogP contribution in [0.4, 0.5) is 0 Å². The summed E-state index contributed by atoms with van der Waals surface area (Å²) in [4.78, 5) is 6.31. The van der Waals surface area contributed by atoms with Crippen LogP contribution in [0, 0.1) is 0 Å². The molecule has 1 fully saturated rings. The van der Waals surface area contributed by atoms with Crippen molar-refractivity contribution in [2.24, 2.45) is 0 Å². The lowest BCUT2D eigenvalue weighted by atomic mass is 10.2. The predicted octanol–water partition coefficient (Wildman–Crippen LogP) is 4.20. The summed E-state index contributed by atoms with van der Waals surface area (Å²) in [6.07, 6.45) is 2.59. The predicted molar refractivity (Wildman–Crippen MR) is 88.1 cm³/mol. The van der Waals surface area contributed by atoms with Crippen LogP contribution in [0.3, 0.4) is 0 Å². The van der Waals surface area contributed by atoms with Crippen molar-refractivity contribution in [2.45, 2.75) is 39.2 Å². The van der Waals surface area contributed by atoms with Gasteiger partial charge in [0.15, 0.2) is 0 Å². The number of benzene rings is 1. The molecule has 0 amide bonds. The number of nitrogens with zero attached hydrogens (tertiary/aromatic N) is 1. The molecule has 0 aliphatic heterocycles. The molecule has 0 spiro atoms. The maximum atomic E-state index is 5.50. The summed E-state index contributed by atoms with van der Waals surface area (Å²) in [5, 5.41) is 4.56. The van der Waals surface area contributed by atoms with Gasteiger partial charge in [-0.15, -0.1) is 11.3 Å². The van der Waals surface area contributed by atoms with Gasteiger partial charge >= 0.3 is 0 Å². The van der Waals surface area contributed by atoms with Crippen LogP contribution in [0.25, 0.3) is 10.6 Å². The summed E-state index contributed by atoms with van der Waals surface area (Å²) in [5.74, 6) is 1.62. The Morgan fingerprint density at radius 2 is 2.00 bits per heavy atom. The minimum Gasteiger partial charge on any atom is -0.494 e. The van der Waals surface area contributed by atoms with Crippen LogP contribution in [0.1, 0.15) is 43.2 Å². The molecule has 1 aromatic carbocycles. The molecule has 0 bridgehead atoms. The van der Waals surface area contributed by atoms with Gasteiger partial charge in [-0.1, -0.05) is 6.92 Å². The van der Waals surface area contributed by atoms with Crippen LogP contribution in [0.5, 0.6) is 5.75 Å². The first-order chi connectivity index (χ1) is 10.3. The Morgan fingerprint density at radius 1 is 1.24 bits per heavy atom. The fraction of sp³-hybridized carbons (Fsp3) is 0.471. The maximum Gasteiger partial charge on any atom is 0.123 e. The molecule has 3 nitrogen and oxygen atoms in total.